The number of pyridine rings is 6. The summed E-state index contributed by atoms with van der Waals surface area (Å²) in [6.45, 7) is 0. The molecule has 0 aliphatic heterocycles. The van der Waals surface area contributed by atoms with E-state index in [2.05, 4.69) is 180 Å². The van der Waals surface area contributed by atoms with Gasteiger partial charge in [-0.2, -0.15) is 0 Å². The maximum absolute atomic E-state index is 5.18. The minimum absolute atomic E-state index is 0.903. The maximum Gasteiger partial charge on any atom is 0.0972 e. The molecule has 12 aromatic rings. The molecule has 0 radical (unpaired) electrons. The smallest absolute Gasteiger partial charge is 0.0972 e. The predicted molar refractivity (Wildman–Crippen MR) is 245 cm³/mol. The van der Waals surface area contributed by atoms with Crippen molar-refractivity contribution in [1.82, 2.24) is 29.9 Å². The fraction of sp³-hybridized carbons (Fsp3) is 0. The minimum Gasteiger partial charge on any atom is -0.254 e. The number of hydrogen-bond donors (Lipinski definition) is 0. The average Bonchev–Trinajstić information content (AvgIpc) is 3.33. The lowest BCUT2D eigenvalue weighted by atomic mass is 10.00. The van der Waals surface area contributed by atoms with Gasteiger partial charge in [0.25, 0.3) is 0 Å². The molecule has 0 saturated heterocycles. The molecule has 6 heteroatoms. The lowest BCUT2D eigenvalue weighted by molar-refractivity contribution is 1.36. The number of benzene rings is 6. The van der Waals surface area contributed by atoms with Crippen LogP contribution in [0.2, 0.25) is 0 Å². The number of fused-ring (bicyclic) bond motifs is 8. The van der Waals surface area contributed by atoms with Crippen LogP contribution < -0.4 is 0 Å². The van der Waals surface area contributed by atoms with Gasteiger partial charge in [0.2, 0.25) is 0 Å². The summed E-state index contributed by atoms with van der Waals surface area (Å²) >= 11 is 0. The van der Waals surface area contributed by atoms with Crippen LogP contribution >= 0.6 is 0 Å². The molecular weight excluding hydrogens is 733 g/mol. The highest BCUT2D eigenvalue weighted by Gasteiger charge is 2.12. The molecule has 0 amide bonds. The van der Waals surface area contributed by atoms with Gasteiger partial charge in [-0.15, -0.1) is 0 Å². The van der Waals surface area contributed by atoms with Gasteiger partial charge < -0.3 is 0 Å². The zero-order chi connectivity index (χ0) is 39.6. The molecule has 0 aliphatic rings. The third-order valence-corrected chi connectivity index (χ3v) is 11.5. The summed E-state index contributed by atoms with van der Waals surface area (Å²) in [5.74, 6) is 0. The second-order valence-electron chi connectivity index (χ2n) is 15.2. The number of hydrogen-bond acceptors (Lipinski definition) is 6. The van der Waals surface area contributed by atoms with Crippen LogP contribution in [0.25, 0.3) is 122 Å². The lowest BCUT2D eigenvalue weighted by Gasteiger charge is -2.10. The number of nitrogens with zero attached hydrogens (tertiary/aromatic N) is 6. The Labute approximate surface area is 344 Å². The van der Waals surface area contributed by atoms with E-state index in [4.69, 9.17) is 19.9 Å². The second kappa shape index (κ2) is 13.7. The van der Waals surface area contributed by atoms with Crippen molar-refractivity contribution in [2.45, 2.75) is 0 Å². The highest BCUT2D eigenvalue weighted by molar-refractivity contribution is 6.04. The van der Waals surface area contributed by atoms with Crippen LogP contribution in [0.3, 0.4) is 0 Å². The molecular formula is C54H32N6. The highest BCUT2D eigenvalue weighted by atomic mass is 14.8. The van der Waals surface area contributed by atoms with Gasteiger partial charge >= 0.3 is 0 Å². The van der Waals surface area contributed by atoms with Crippen molar-refractivity contribution in [1.29, 1.82) is 0 Å². The maximum atomic E-state index is 5.18. The molecule has 0 spiro atoms. The van der Waals surface area contributed by atoms with Crippen molar-refractivity contribution in [2.24, 2.45) is 0 Å². The Kier molecular flexibility index (Phi) is 7.74. The van der Waals surface area contributed by atoms with E-state index in [-0.39, 0.29) is 0 Å². The molecule has 60 heavy (non-hydrogen) atoms. The largest absolute Gasteiger partial charge is 0.254 e. The average molecular weight is 765 g/mol. The molecule has 6 heterocycles. The van der Waals surface area contributed by atoms with Gasteiger partial charge in [0, 0.05) is 67.0 Å². The minimum atomic E-state index is 0.903. The zero-order valence-electron chi connectivity index (χ0n) is 32.2. The van der Waals surface area contributed by atoms with Gasteiger partial charge in [0.1, 0.15) is 0 Å². The van der Waals surface area contributed by atoms with Gasteiger partial charge in [0.15, 0.2) is 0 Å². The third-order valence-electron chi connectivity index (χ3n) is 11.5. The van der Waals surface area contributed by atoms with Crippen molar-refractivity contribution in [3.05, 3.63) is 194 Å². The van der Waals surface area contributed by atoms with E-state index in [1.807, 2.05) is 24.5 Å². The van der Waals surface area contributed by atoms with Gasteiger partial charge in [-0.05, 0) is 71.8 Å². The first-order valence-electron chi connectivity index (χ1n) is 20.0. The first-order chi connectivity index (χ1) is 29.7. The summed E-state index contributed by atoms with van der Waals surface area (Å²) in [6.07, 6.45) is 3.65. The van der Waals surface area contributed by atoms with E-state index >= 15 is 0 Å². The molecule has 6 aromatic carbocycles. The fourth-order valence-electron chi connectivity index (χ4n) is 8.36. The molecule has 6 aromatic heterocycles. The normalized spacial score (nSPS) is 11.7. The van der Waals surface area contributed by atoms with E-state index in [1.165, 1.54) is 0 Å². The van der Waals surface area contributed by atoms with Crippen LogP contribution in [0.1, 0.15) is 0 Å². The molecule has 0 aliphatic carbocycles. The first-order valence-corrected chi connectivity index (χ1v) is 20.0. The topological polar surface area (TPSA) is 77.3 Å². The van der Waals surface area contributed by atoms with Gasteiger partial charge in [-0.3, -0.25) is 9.97 Å². The van der Waals surface area contributed by atoms with E-state index < -0.39 is 0 Å². The van der Waals surface area contributed by atoms with Gasteiger partial charge in [-0.1, -0.05) is 121 Å². The predicted octanol–water partition coefficient (Wildman–Crippen LogP) is 13.3. The van der Waals surface area contributed by atoms with Crippen LogP contribution in [0, 0.1) is 0 Å². The van der Waals surface area contributed by atoms with Crippen molar-refractivity contribution < 1.29 is 0 Å². The Hall–Kier alpha value is -8.22. The fourth-order valence-corrected chi connectivity index (χ4v) is 8.36. The Bertz CT molecular complexity index is 3450. The number of aromatic nitrogens is 6. The van der Waals surface area contributed by atoms with E-state index in [1.54, 1.807) is 0 Å². The highest BCUT2D eigenvalue weighted by Crippen LogP contribution is 2.33. The van der Waals surface area contributed by atoms with Gasteiger partial charge in [-0.25, -0.2) is 19.9 Å². The van der Waals surface area contributed by atoms with Crippen LogP contribution in [0.5, 0.6) is 0 Å². The zero-order valence-corrected chi connectivity index (χ0v) is 32.2. The molecule has 0 unspecified atom stereocenters. The molecule has 0 saturated carbocycles. The Balaban J connectivity index is 0.861. The van der Waals surface area contributed by atoms with Crippen molar-refractivity contribution in [2.75, 3.05) is 0 Å². The van der Waals surface area contributed by atoms with Crippen molar-refractivity contribution in [3.63, 3.8) is 0 Å². The van der Waals surface area contributed by atoms with Crippen LogP contribution in [0.4, 0.5) is 0 Å². The summed E-state index contributed by atoms with van der Waals surface area (Å²) in [7, 11) is 0. The summed E-state index contributed by atoms with van der Waals surface area (Å²) in [5, 5.41) is 6.47. The van der Waals surface area contributed by atoms with Crippen LogP contribution in [0.15, 0.2) is 194 Å². The second-order valence-corrected chi connectivity index (χ2v) is 15.2. The molecule has 0 fully saturated rings. The monoisotopic (exact) mass is 764 g/mol. The van der Waals surface area contributed by atoms with Crippen LogP contribution in [-0.4, -0.2) is 29.9 Å². The summed E-state index contributed by atoms with van der Waals surface area (Å²) in [6, 6.07) is 63.3. The van der Waals surface area contributed by atoms with Gasteiger partial charge in [0.05, 0.1) is 55.9 Å². The summed E-state index contributed by atoms with van der Waals surface area (Å²) in [4.78, 5) is 29.8. The SMILES string of the molecule is c1cc(-c2ccc3ccc(-c4ccc5ccc(-c6cccc(-c7ccc8ccc9cccnc9c8n7)c6)nc5c4)cc3n2)cc(-c2ccc3ccc4cccnc4c3n2)c1. The summed E-state index contributed by atoms with van der Waals surface area (Å²) in [5.41, 5.74) is 15.4. The van der Waals surface area contributed by atoms with E-state index in [0.717, 1.165) is 122 Å². The molecule has 0 atom stereocenters. The molecule has 278 valence electrons. The first kappa shape index (κ1) is 33.9. The lowest BCUT2D eigenvalue weighted by Crippen LogP contribution is -1.91. The Morgan fingerprint density at radius 2 is 0.583 bits per heavy atom. The Morgan fingerprint density at radius 1 is 0.233 bits per heavy atom. The summed E-state index contributed by atoms with van der Waals surface area (Å²) < 4.78 is 0. The van der Waals surface area contributed by atoms with Crippen molar-refractivity contribution >= 4 is 65.4 Å². The standard InChI is InChI=1S/C54H32N6/c1-5-41(29-43(7-1)47-25-21-37-15-13-35-9-3-27-55-51(35)53(37)59-47)45-23-19-33-11-17-39(31-49(33)57-45)40-18-12-34-20-24-46(58-50(34)32-40)42-6-2-8-44(30-42)48-26-22-38-16-14-36-10-4-28-56-52(36)54(38)60-48/h1-32H. The third kappa shape index (κ3) is 5.89. The molecule has 0 bridgehead atoms. The van der Waals surface area contributed by atoms with Crippen molar-refractivity contribution in [3.8, 4) is 56.2 Å². The molecule has 12 rings (SSSR count). The molecule has 0 N–H and O–H groups in total. The molecule has 6 nitrogen and oxygen atoms in total. The quantitative estimate of drug-likeness (QED) is 0.162. The van der Waals surface area contributed by atoms with E-state index in [9.17, 15) is 0 Å². The Morgan fingerprint density at radius 3 is 1.02 bits per heavy atom. The number of rotatable bonds is 5. The van der Waals surface area contributed by atoms with E-state index in [0.29, 0.717) is 0 Å². The van der Waals surface area contributed by atoms with Crippen LogP contribution in [-0.2, 0) is 0 Å².